The van der Waals surface area contributed by atoms with Crippen molar-refractivity contribution in [2.45, 2.75) is 26.4 Å². The fourth-order valence-corrected chi connectivity index (χ4v) is 1.16. The summed E-state index contributed by atoms with van der Waals surface area (Å²) in [6.07, 6.45) is 1.95. The first-order chi connectivity index (χ1) is 5.03. The van der Waals surface area contributed by atoms with Crippen LogP contribution in [0.15, 0.2) is 24.4 Å². The minimum Gasteiger partial charge on any atom is -0.536 e. The van der Waals surface area contributed by atoms with Crippen LogP contribution in [0.4, 0.5) is 0 Å². The third-order valence-electron chi connectivity index (χ3n) is 1.47. The van der Waals surface area contributed by atoms with Gasteiger partial charge in [-0.15, -0.1) is 6.58 Å². The van der Waals surface area contributed by atoms with Gasteiger partial charge in [0.15, 0.2) is 0 Å². The van der Waals surface area contributed by atoms with E-state index in [-0.39, 0.29) is 12.7 Å². The quantitative estimate of drug-likeness (QED) is 0.534. The van der Waals surface area contributed by atoms with Crippen molar-refractivity contribution in [1.82, 2.24) is 0 Å². The molecule has 1 aliphatic heterocycles. The molecule has 0 aromatic heterocycles. The van der Waals surface area contributed by atoms with Crippen LogP contribution in [0, 0.1) is 0 Å². The molecule has 11 heavy (non-hydrogen) atoms. The number of allylic oxidation sites excluding steroid dienone is 1. The van der Waals surface area contributed by atoms with Gasteiger partial charge in [-0.05, 0) is 32.8 Å². The van der Waals surface area contributed by atoms with Crippen molar-refractivity contribution in [2.24, 2.45) is 0 Å². The van der Waals surface area contributed by atoms with Crippen molar-refractivity contribution in [3.8, 4) is 0 Å². The zero-order valence-electron chi connectivity index (χ0n) is 7.26. The molecule has 60 valence electrons. The maximum Gasteiger partial charge on any atom is 0.554 e. The first-order valence-corrected chi connectivity index (χ1v) is 3.70. The van der Waals surface area contributed by atoms with Gasteiger partial charge >= 0.3 is 7.12 Å². The fourth-order valence-electron chi connectivity index (χ4n) is 1.16. The minimum absolute atomic E-state index is 0.235. The normalized spacial score (nSPS) is 22.1. The lowest BCUT2D eigenvalue weighted by atomic mass is 9.86. The van der Waals surface area contributed by atoms with Crippen molar-refractivity contribution in [3.05, 3.63) is 24.4 Å². The van der Waals surface area contributed by atoms with Gasteiger partial charge in [0.1, 0.15) is 0 Å². The molecule has 0 aliphatic carbocycles. The lowest BCUT2D eigenvalue weighted by Gasteiger charge is -2.30. The van der Waals surface area contributed by atoms with Crippen LogP contribution in [0.1, 0.15) is 20.8 Å². The van der Waals surface area contributed by atoms with Crippen molar-refractivity contribution < 1.29 is 9.31 Å². The van der Waals surface area contributed by atoms with E-state index in [0.717, 1.165) is 5.76 Å². The minimum atomic E-state index is -0.296. The summed E-state index contributed by atoms with van der Waals surface area (Å²) in [5.41, 5.74) is -0.235. The lowest BCUT2D eigenvalue weighted by Crippen LogP contribution is -2.36. The van der Waals surface area contributed by atoms with Crippen LogP contribution in [0.5, 0.6) is 0 Å². The Morgan fingerprint density at radius 3 is 2.73 bits per heavy atom. The summed E-state index contributed by atoms with van der Waals surface area (Å²) in [6, 6.07) is 0. The molecule has 1 rings (SSSR count). The summed E-state index contributed by atoms with van der Waals surface area (Å²) in [5, 5.41) is 0. The summed E-state index contributed by atoms with van der Waals surface area (Å²) in [4.78, 5) is 0. The van der Waals surface area contributed by atoms with Gasteiger partial charge in [0.2, 0.25) is 0 Å². The van der Waals surface area contributed by atoms with Gasteiger partial charge in [0.25, 0.3) is 0 Å². The third kappa shape index (κ3) is 2.12. The molecular formula is C8H13BO2. The summed E-state index contributed by atoms with van der Waals surface area (Å²) < 4.78 is 10.8. The average molecular weight is 152 g/mol. The van der Waals surface area contributed by atoms with Gasteiger partial charge in [0, 0.05) is 0 Å². The van der Waals surface area contributed by atoms with Crippen LogP contribution in [-0.2, 0) is 9.31 Å². The largest absolute Gasteiger partial charge is 0.554 e. The van der Waals surface area contributed by atoms with Crippen LogP contribution in [0.25, 0.3) is 0 Å². The van der Waals surface area contributed by atoms with Crippen molar-refractivity contribution in [3.63, 3.8) is 0 Å². The van der Waals surface area contributed by atoms with Gasteiger partial charge in [-0.3, -0.25) is 0 Å². The molecule has 0 bridgehead atoms. The van der Waals surface area contributed by atoms with Gasteiger partial charge in [-0.1, -0.05) is 0 Å². The molecule has 0 aromatic carbocycles. The van der Waals surface area contributed by atoms with Crippen LogP contribution in [-0.4, -0.2) is 12.7 Å². The lowest BCUT2D eigenvalue weighted by molar-refractivity contribution is 0.102. The number of rotatable bonds is 1. The molecule has 1 aliphatic rings. The molecule has 0 saturated heterocycles. The second-order valence-corrected chi connectivity index (χ2v) is 3.20. The van der Waals surface area contributed by atoms with E-state index in [2.05, 4.69) is 6.58 Å². The topological polar surface area (TPSA) is 18.5 Å². The van der Waals surface area contributed by atoms with Gasteiger partial charge in [-0.25, -0.2) is 0 Å². The Morgan fingerprint density at radius 1 is 1.64 bits per heavy atom. The molecule has 0 N–H and O–H groups in total. The monoisotopic (exact) mass is 152 g/mol. The highest BCUT2D eigenvalue weighted by molar-refractivity contribution is 6.51. The molecule has 0 aromatic rings. The third-order valence-corrected chi connectivity index (χ3v) is 1.47. The SMILES string of the molecule is C=CB1OC(C)=CC(C)(C)O1. The Morgan fingerprint density at radius 2 is 2.27 bits per heavy atom. The summed E-state index contributed by atoms with van der Waals surface area (Å²) >= 11 is 0. The van der Waals surface area contributed by atoms with Crippen molar-refractivity contribution >= 4 is 7.12 Å². The van der Waals surface area contributed by atoms with Crippen LogP contribution >= 0.6 is 0 Å². The molecular weight excluding hydrogens is 139 g/mol. The van der Waals surface area contributed by atoms with Crippen LogP contribution < -0.4 is 0 Å². The Hall–Kier alpha value is -0.695. The van der Waals surface area contributed by atoms with E-state index in [1.54, 1.807) is 5.98 Å². The molecule has 0 spiro atoms. The smallest absolute Gasteiger partial charge is 0.536 e. The van der Waals surface area contributed by atoms with Crippen molar-refractivity contribution in [1.29, 1.82) is 0 Å². The molecule has 0 unspecified atom stereocenters. The zero-order chi connectivity index (χ0) is 8.48. The molecule has 3 heteroatoms. The predicted molar refractivity (Wildman–Crippen MR) is 46.0 cm³/mol. The molecule has 0 saturated carbocycles. The predicted octanol–water partition coefficient (Wildman–Crippen LogP) is 1.93. The van der Waals surface area contributed by atoms with E-state index in [1.807, 2.05) is 26.8 Å². The summed E-state index contributed by atoms with van der Waals surface area (Å²) in [5.74, 6) is 2.55. The number of hydrogen-bond donors (Lipinski definition) is 0. The standard InChI is InChI=1S/C8H13BO2/c1-5-9-10-7(2)6-8(3,4)11-9/h5-6H,1H2,2-4H3. The van der Waals surface area contributed by atoms with Crippen LogP contribution in [0.3, 0.4) is 0 Å². The van der Waals surface area contributed by atoms with E-state index in [4.69, 9.17) is 9.31 Å². The van der Waals surface area contributed by atoms with E-state index in [0.29, 0.717) is 0 Å². The van der Waals surface area contributed by atoms with Crippen LogP contribution in [0.2, 0.25) is 0 Å². The Labute approximate surface area is 68.0 Å². The maximum absolute atomic E-state index is 5.48. The van der Waals surface area contributed by atoms with E-state index < -0.39 is 0 Å². The summed E-state index contributed by atoms with van der Waals surface area (Å²) in [6.45, 7) is 9.52. The van der Waals surface area contributed by atoms with Gasteiger partial charge in [-0.2, -0.15) is 0 Å². The Balaban J connectivity index is 2.76. The number of hydrogen-bond acceptors (Lipinski definition) is 2. The van der Waals surface area contributed by atoms with E-state index >= 15 is 0 Å². The molecule has 0 atom stereocenters. The molecule has 0 amide bonds. The van der Waals surface area contributed by atoms with E-state index in [9.17, 15) is 0 Å². The first-order valence-electron chi connectivity index (χ1n) is 3.70. The highest BCUT2D eigenvalue weighted by atomic mass is 16.6. The summed E-state index contributed by atoms with van der Waals surface area (Å²) in [7, 11) is -0.296. The molecule has 1 heterocycles. The van der Waals surface area contributed by atoms with Gasteiger partial charge in [0.05, 0.1) is 11.4 Å². The molecule has 2 nitrogen and oxygen atoms in total. The highest BCUT2D eigenvalue weighted by Gasteiger charge is 2.30. The second-order valence-electron chi connectivity index (χ2n) is 3.20. The first kappa shape index (κ1) is 8.40. The second kappa shape index (κ2) is 2.74. The van der Waals surface area contributed by atoms with Crippen molar-refractivity contribution in [2.75, 3.05) is 0 Å². The average Bonchev–Trinajstić information content (AvgIpc) is 1.83. The Bertz CT molecular complexity index is 196. The highest BCUT2D eigenvalue weighted by Crippen LogP contribution is 2.22. The molecule has 0 radical (unpaired) electrons. The maximum atomic E-state index is 5.48. The van der Waals surface area contributed by atoms with Gasteiger partial charge < -0.3 is 9.31 Å². The zero-order valence-corrected chi connectivity index (χ0v) is 7.26. The Kier molecular flexibility index (Phi) is 2.09. The van der Waals surface area contributed by atoms with E-state index in [1.165, 1.54) is 0 Å². The molecule has 0 fully saturated rings. The fraction of sp³-hybridized carbons (Fsp3) is 0.500.